The van der Waals surface area contributed by atoms with Crippen LogP contribution < -0.4 is 13.5 Å². The van der Waals surface area contributed by atoms with Gasteiger partial charge in [-0.25, -0.2) is 13.0 Å². The van der Waals surface area contributed by atoms with Gasteiger partial charge in [0.15, 0.2) is 0 Å². The molecule has 1 aliphatic heterocycles. The zero-order valence-electron chi connectivity index (χ0n) is 30.5. The molecule has 0 radical (unpaired) electrons. The van der Waals surface area contributed by atoms with Crippen LogP contribution in [0.1, 0.15) is 101 Å². The van der Waals surface area contributed by atoms with Crippen LogP contribution in [0.5, 0.6) is 11.5 Å². The molecule has 0 fully saturated rings. The fourth-order valence-electron chi connectivity index (χ4n) is 7.71. The molecule has 11 heteroatoms. The molecule has 276 valence electrons. The highest BCUT2D eigenvalue weighted by atomic mass is 32.2. The first-order valence-corrected chi connectivity index (χ1v) is 21.0. The van der Waals surface area contributed by atoms with Crippen LogP contribution in [0.4, 0.5) is 13.2 Å². The Balaban J connectivity index is 1.58. The first-order chi connectivity index (χ1) is 24.3. The van der Waals surface area contributed by atoms with E-state index in [0.717, 1.165) is 71.9 Å². The van der Waals surface area contributed by atoms with Crippen LogP contribution in [-0.2, 0) is 51.1 Å². The van der Waals surface area contributed by atoms with Crippen LogP contribution in [0.15, 0.2) is 60.7 Å². The van der Waals surface area contributed by atoms with Gasteiger partial charge < -0.3 is 9.05 Å². The van der Waals surface area contributed by atoms with Gasteiger partial charge in [-0.1, -0.05) is 94.6 Å². The van der Waals surface area contributed by atoms with Crippen LogP contribution in [0.25, 0.3) is 33.4 Å². The van der Waals surface area contributed by atoms with Crippen molar-refractivity contribution in [1.82, 2.24) is 4.49 Å². The standard InChI is InChI=1S/C41H45F3NO5PS/c1-39(2,3)29-19-15-25(16-20-29)33-23-27-11-7-9-13-31(27)35-36-32-14-10-8-12-28(32)24-34(26-17-21-30(22-18-26)40(4,5)6)38(36)50-51(46,49-37(33)35)45-52(47,48)41(42,43)44/h15-24H,7-14H2,1-6H3,(H,45,46). The topological polar surface area (TPSA) is 81.7 Å². The number of benzene rings is 4. The summed E-state index contributed by atoms with van der Waals surface area (Å²) in [6, 6.07) is 19.6. The summed E-state index contributed by atoms with van der Waals surface area (Å²) < 4.78 is 96.0. The zero-order valence-corrected chi connectivity index (χ0v) is 32.2. The molecule has 7 rings (SSSR count). The third kappa shape index (κ3) is 6.71. The van der Waals surface area contributed by atoms with Gasteiger partial charge in [-0.3, -0.25) is 0 Å². The van der Waals surface area contributed by atoms with Crippen molar-refractivity contribution in [1.29, 1.82) is 0 Å². The van der Waals surface area contributed by atoms with Crippen molar-refractivity contribution in [3.05, 3.63) is 94.0 Å². The second-order valence-corrected chi connectivity index (χ2v) is 19.9. The second kappa shape index (κ2) is 12.8. The molecule has 3 aliphatic rings. The number of rotatable bonds is 4. The van der Waals surface area contributed by atoms with Gasteiger partial charge in [0.05, 0.1) is 0 Å². The summed E-state index contributed by atoms with van der Waals surface area (Å²) in [4.78, 5) is 0. The Kier molecular flexibility index (Phi) is 9.03. The zero-order chi connectivity index (χ0) is 37.4. The maximum absolute atomic E-state index is 14.9. The molecule has 0 bridgehead atoms. The van der Waals surface area contributed by atoms with Gasteiger partial charge in [-0.05, 0) is 119 Å². The number of halogens is 3. The highest BCUT2D eigenvalue weighted by Crippen LogP contribution is 2.62. The van der Waals surface area contributed by atoms with Gasteiger partial charge in [0.2, 0.25) is 0 Å². The van der Waals surface area contributed by atoms with Crippen molar-refractivity contribution in [3.63, 3.8) is 0 Å². The normalized spacial score (nSPS) is 17.1. The Bertz CT molecular complexity index is 2080. The Morgan fingerprint density at radius 3 is 1.33 bits per heavy atom. The SMILES string of the molecule is CC(C)(C)c1ccc(-c2cc3c(c4c2OP(=O)(NS(=O)(=O)C(F)(F)F)Oc2c(-c5ccc(C(C)(C)C)cc5)cc5c(c2-4)CCCC5)CCCC3)cc1. The molecule has 1 N–H and O–H groups in total. The number of nitrogens with one attached hydrogen (secondary N) is 1. The van der Waals surface area contributed by atoms with E-state index in [1.807, 2.05) is 60.7 Å². The molecule has 0 amide bonds. The predicted octanol–water partition coefficient (Wildman–Crippen LogP) is 11.4. The molecule has 2 aliphatic carbocycles. The van der Waals surface area contributed by atoms with E-state index < -0.39 is 23.3 Å². The van der Waals surface area contributed by atoms with Crippen molar-refractivity contribution < 1.29 is 35.2 Å². The highest BCUT2D eigenvalue weighted by Gasteiger charge is 2.53. The van der Waals surface area contributed by atoms with Crippen molar-refractivity contribution in [2.75, 3.05) is 0 Å². The summed E-state index contributed by atoms with van der Waals surface area (Å²) in [6.07, 6.45) is 6.57. The Labute approximate surface area is 304 Å². The summed E-state index contributed by atoms with van der Waals surface area (Å²) in [5, 5.41) is 0. The Morgan fingerprint density at radius 2 is 0.981 bits per heavy atom. The van der Waals surface area contributed by atoms with E-state index >= 15 is 0 Å². The summed E-state index contributed by atoms with van der Waals surface area (Å²) in [6.45, 7) is 12.6. The molecule has 0 unspecified atom stereocenters. The van der Waals surface area contributed by atoms with E-state index in [2.05, 4.69) is 41.5 Å². The first-order valence-electron chi connectivity index (χ1n) is 17.9. The lowest BCUT2D eigenvalue weighted by Gasteiger charge is -2.28. The number of hydrogen-bond donors (Lipinski definition) is 1. The number of alkyl halides is 3. The second-order valence-electron chi connectivity index (χ2n) is 16.3. The van der Waals surface area contributed by atoms with Gasteiger partial charge in [-0.2, -0.15) is 13.2 Å². The summed E-state index contributed by atoms with van der Waals surface area (Å²) in [7, 11) is -11.5. The molecule has 0 saturated heterocycles. The average Bonchev–Trinajstić information content (AvgIpc) is 3.20. The molecule has 1 heterocycles. The third-order valence-corrected chi connectivity index (χ3v) is 13.8. The monoisotopic (exact) mass is 751 g/mol. The molecule has 0 aromatic heterocycles. The van der Waals surface area contributed by atoms with Crippen LogP contribution in [0.2, 0.25) is 0 Å². The molecule has 0 spiro atoms. The third-order valence-electron chi connectivity index (χ3n) is 10.5. The summed E-state index contributed by atoms with van der Waals surface area (Å²) in [5.74, 6) is 0.119. The Morgan fingerprint density at radius 1 is 0.615 bits per heavy atom. The summed E-state index contributed by atoms with van der Waals surface area (Å²) >= 11 is 0. The lowest BCUT2D eigenvalue weighted by atomic mass is 9.77. The quantitative estimate of drug-likeness (QED) is 0.210. The molecule has 4 aromatic carbocycles. The molecule has 0 atom stereocenters. The molecule has 0 saturated carbocycles. The number of fused-ring (bicyclic) bond motifs is 7. The molecule has 52 heavy (non-hydrogen) atoms. The smallest absolute Gasteiger partial charge is 0.403 e. The molecule has 6 nitrogen and oxygen atoms in total. The van der Waals surface area contributed by atoms with Crippen molar-refractivity contribution in [3.8, 4) is 44.9 Å². The van der Waals surface area contributed by atoms with Crippen LogP contribution in [-0.4, -0.2) is 13.9 Å². The van der Waals surface area contributed by atoms with Gasteiger partial charge >= 0.3 is 23.3 Å². The number of hydrogen-bond acceptors (Lipinski definition) is 5. The van der Waals surface area contributed by atoms with Crippen LogP contribution in [0, 0.1) is 0 Å². The maximum Gasteiger partial charge on any atom is 0.526 e. The number of aryl methyl sites for hydroxylation is 2. The van der Waals surface area contributed by atoms with E-state index in [4.69, 9.17) is 9.05 Å². The van der Waals surface area contributed by atoms with Gasteiger partial charge in [0, 0.05) is 22.3 Å². The maximum atomic E-state index is 14.9. The fraction of sp³-hybridized carbons (Fsp3) is 0.415. The Hall–Kier alpha value is -3.59. The summed E-state index contributed by atoms with van der Waals surface area (Å²) in [5.41, 5.74) is 3.87. The highest BCUT2D eigenvalue weighted by molar-refractivity contribution is 7.95. The molecule has 4 aromatic rings. The van der Waals surface area contributed by atoms with E-state index in [1.165, 1.54) is 4.49 Å². The lowest BCUT2D eigenvalue weighted by Crippen LogP contribution is -2.36. The number of sulfonamides is 1. The van der Waals surface area contributed by atoms with Gasteiger partial charge in [-0.15, -0.1) is 0 Å². The van der Waals surface area contributed by atoms with Crippen LogP contribution in [0.3, 0.4) is 0 Å². The minimum Gasteiger partial charge on any atom is -0.403 e. The largest absolute Gasteiger partial charge is 0.526 e. The van der Waals surface area contributed by atoms with Crippen molar-refractivity contribution >= 4 is 17.8 Å². The molecular formula is C41H45F3NO5PS. The van der Waals surface area contributed by atoms with E-state index in [9.17, 15) is 26.2 Å². The van der Waals surface area contributed by atoms with Crippen molar-refractivity contribution in [2.45, 2.75) is 109 Å². The molecular weight excluding hydrogens is 706 g/mol. The van der Waals surface area contributed by atoms with E-state index in [-0.39, 0.29) is 22.3 Å². The van der Waals surface area contributed by atoms with Gasteiger partial charge in [0.25, 0.3) is 0 Å². The fourth-order valence-corrected chi connectivity index (χ4v) is 10.5. The van der Waals surface area contributed by atoms with E-state index in [0.29, 0.717) is 46.2 Å². The minimum atomic E-state index is -6.17. The van der Waals surface area contributed by atoms with Gasteiger partial charge in [0.1, 0.15) is 11.5 Å². The average molecular weight is 752 g/mol. The minimum absolute atomic E-state index is 0.0594. The van der Waals surface area contributed by atoms with Crippen LogP contribution >= 0.6 is 7.75 Å². The first kappa shape index (κ1) is 36.8. The predicted molar refractivity (Wildman–Crippen MR) is 200 cm³/mol. The van der Waals surface area contributed by atoms with Crippen molar-refractivity contribution in [2.24, 2.45) is 0 Å². The van der Waals surface area contributed by atoms with E-state index in [1.54, 1.807) is 0 Å². The lowest BCUT2D eigenvalue weighted by molar-refractivity contribution is -0.0443.